The molecule has 5 nitrogen and oxygen atoms in total. The summed E-state index contributed by atoms with van der Waals surface area (Å²) in [5, 5.41) is 6.88. The average Bonchev–Trinajstić information content (AvgIpc) is 2.85. The van der Waals surface area contributed by atoms with E-state index in [0.29, 0.717) is 11.6 Å². The topological polar surface area (TPSA) is 58.2 Å². The number of nitrogens with zero attached hydrogens (tertiary/aromatic N) is 2. The number of hydrogen-bond donors (Lipinski definition) is 1. The van der Waals surface area contributed by atoms with Crippen molar-refractivity contribution < 1.29 is 9.53 Å². The van der Waals surface area contributed by atoms with Crippen LogP contribution in [0.4, 0.5) is 0 Å². The minimum absolute atomic E-state index is 0.0563. The predicted octanol–water partition coefficient (Wildman–Crippen LogP) is 2.00. The molecular formula is C14H23N3O2. The lowest BCUT2D eigenvalue weighted by molar-refractivity contribution is 0.0654. The number of aryl methyl sites for hydroxylation is 1. The lowest BCUT2D eigenvalue weighted by Crippen LogP contribution is -2.40. The van der Waals surface area contributed by atoms with Crippen LogP contribution in [0.1, 0.15) is 41.9 Å². The smallest absolute Gasteiger partial charge is 0.274 e. The van der Waals surface area contributed by atoms with E-state index >= 15 is 0 Å². The quantitative estimate of drug-likeness (QED) is 0.828. The fourth-order valence-electron chi connectivity index (χ4n) is 2.69. The van der Waals surface area contributed by atoms with Crippen molar-refractivity contribution in [2.24, 2.45) is 5.92 Å². The largest absolute Gasteiger partial charge is 0.385 e. The minimum atomic E-state index is 0.0563. The van der Waals surface area contributed by atoms with Gasteiger partial charge in [0.15, 0.2) is 0 Å². The van der Waals surface area contributed by atoms with Crippen LogP contribution in [-0.4, -0.2) is 47.8 Å². The van der Waals surface area contributed by atoms with Gasteiger partial charge in [-0.2, -0.15) is 5.10 Å². The first kappa shape index (κ1) is 14.1. The van der Waals surface area contributed by atoms with E-state index in [1.807, 2.05) is 17.9 Å². The molecule has 1 aromatic rings. The van der Waals surface area contributed by atoms with E-state index in [2.05, 4.69) is 10.2 Å². The number of carbonyl (C=O) groups excluding carboxylic acids is 1. The average molecular weight is 265 g/mol. The fraction of sp³-hybridized carbons (Fsp3) is 0.714. The molecule has 0 saturated carbocycles. The number of hydrogen-bond acceptors (Lipinski definition) is 3. The highest BCUT2D eigenvalue weighted by molar-refractivity contribution is 5.92. The predicted molar refractivity (Wildman–Crippen MR) is 73.1 cm³/mol. The molecule has 106 valence electrons. The third-order valence-electron chi connectivity index (χ3n) is 3.69. The molecule has 1 fully saturated rings. The van der Waals surface area contributed by atoms with Crippen molar-refractivity contribution >= 4 is 5.91 Å². The molecule has 0 unspecified atom stereocenters. The molecule has 1 amide bonds. The highest BCUT2D eigenvalue weighted by Crippen LogP contribution is 2.22. The van der Waals surface area contributed by atoms with Gasteiger partial charge in [0.05, 0.1) is 0 Å². The Bertz CT molecular complexity index is 417. The second kappa shape index (κ2) is 6.70. The van der Waals surface area contributed by atoms with Crippen LogP contribution in [0.2, 0.25) is 0 Å². The normalized spacial score (nSPS) is 19.7. The summed E-state index contributed by atoms with van der Waals surface area (Å²) in [6.45, 7) is 4.43. The number of rotatable bonds is 5. The summed E-state index contributed by atoms with van der Waals surface area (Å²) in [7, 11) is 1.73. The van der Waals surface area contributed by atoms with Crippen LogP contribution in [0.15, 0.2) is 6.07 Å². The highest BCUT2D eigenvalue weighted by atomic mass is 16.5. The first-order valence-electron chi connectivity index (χ1n) is 7.01. The molecular weight excluding hydrogens is 242 g/mol. The second-order valence-electron chi connectivity index (χ2n) is 5.33. The minimum Gasteiger partial charge on any atom is -0.385 e. The second-order valence-corrected chi connectivity index (χ2v) is 5.33. The van der Waals surface area contributed by atoms with E-state index in [9.17, 15) is 4.79 Å². The number of methoxy groups -OCH3 is 1. The Morgan fingerprint density at radius 3 is 3.16 bits per heavy atom. The number of amides is 1. The van der Waals surface area contributed by atoms with Crippen LogP contribution < -0.4 is 0 Å². The maximum atomic E-state index is 12.3. The van der Waals surface area contributed by atoms with Gasteiger partial charge in [0, 0.05) is 32.5 Å². The Morgan fingerprint density at radius 2 is 2.47 bits per heavy atom. The number of ether oxygens (including phenoxy) is 1. The lowest BCUT2D eigenvalue weighted by Gasteiger charge is -2.32. The molecule has 1 aliphatic heterocycles. The van der Waals surface area contributed by atoms with Gasteiger partial charge < -0.3 is 9.64 Å². The molecule has 2 heterocycles. The summed E-state index contributed by atoms with van der Waals surface area (Å²) >= 11 is 0. The molecule has 1 N–H and O–H groups in total. The molecule has 0 radical (unpaired) electrons. The number of likely N-dealkylation sites (tertiary alicyclic amines) is 1. The summed E-state index contributed by atoms with van der Waals surface area (Å²) < 4.78 is 5.08. The SMILES string of the molecule is COCCC[C@H]1CCCN(C(=O)c2cc(C)[nH]n2)C1. The van der Waals surface area contributed by atoms with Crippen molar-refractivity contribution in [2.45, 2.75) is 32.6 Å². The molecule has 0 spiro atoms. The molecule has 2 rings (SSSR count). The summed E-state index contributed by atoms with van der Waals surface area (Å²) in [6.07, 6.45) is 4.52. The Hall–Kier alpha value is -1.36. The van der Waals surface area contributed by atoms with E-state index in [1.165, 1.54) is 6.42 Å². The van der Waals surface area contributed by atoms with E-state index in [4.69, 9.17) is 4.74 Å². The van der Waals surface area contributed by atoms with Gasteiger partial charge >= 0.3 is 0 Å². The fourth-order valence-corrected chi connectivity index (χ4v) is 2.69. The van der Waals surface area contributed by atoms with Crippen LogP contribution in [0.3, 0.4) is 0 Å². The summed E-state index contributed by atoms with van der Waals surface area (Å²) in [6, 6.07) is 1.82. The van der Waals surface area contributed by atoms with Gasteiger partial charge in [-0.3, -0.25) is 9.89 Å². The third-order valence-corrected chi connectivity index (χ3v) is 3.69. The molecule has 0 bridgehead atoms. The van der Waals surface area contributed by atoms with Crippen molar-refractivity contribution in [1.29, 1.82) is 0 Å². The Kier molecular flexibility index (Phi) is 4.96. The van der Waals surface area contributed by atoms with Crippen molar-refractivity contribution in [3.63, 3.8) is 0 Å². The zero-order chi connectivity index (χ0) is 13.7. The molecule has 1 aliphatic rings. The van der Waals surface area contributed by atoms with Crippen LogP contribution in [0, 0.1) is 12.8 Å². The molecule has 19 heavy (non-hydrogen) atoms. The van der Waals surface area contributed by atoms with Crippen molar-refractivity contribution in [2.75, 3.05) is 26.8 Å². The van der Waals surface area contributed by atoms with Crippen molar-refractivity contribution in [3.8, 4) is 0 Å². The number of piperidine rings is 1. The maximum absolute atomic E-state index is 12.3. The molecule has 0 aromatic carbocycles. The van der Waals surface area contributed by atoms with E-state index in [-0.39, 0.29) is 5.91 Å². The third kappa shape index (κ3) is 3.80. The van der Waals surface area contributed by atoms with Gasteiger partial charge in [-0.15, -0.1) is 0 Å². The number of aromatic nitrogens is 2. The van der Waals surface area contributed by atoms with Gasteiger partial charge in [-0.1, -0.05) is 0 Å². The van der Waals surface area contributed by atoms with Gasteiger partial charge in [0.1, 0.15) is 5.69 Å². The number of nitrogens with one attached hydrogen (secondary N) is 1. The van der Waals surface area contributed by atoms with Gasteiger partial charge in [-0.25, -0.2) is 0 Å². The van der Waals surface area contributed by atoms with E-state index in [0.717, 1.165) is 44.7 Å². The van der Waals surface area contributed by atoms with Crippen LogP contribution in [0.5, 0.6) is 0 Å². The van der Waals surface area contributed by atoms with E-state index < -0.39 is 0 Å². The highest BCUT2D eigenvalue weighted by Gasteiger charge is 2.25. The Balaban J connectivity index is 1.88. The van der Waals surface area contributed by atoms with E-state index in [1.54, 1.807) is 7.11 Å². The van der Waals surface area contributed by atoms with Crippen molar-refractivity contribution in [3.05, 3.63) is 17.5 Å². The van der Waals surface area contributed by atoms with Gasteiger partial charge in [0.2, 0.25) is 0 Å². The first-order chi connectivity index (χ1) is 9.20. The summed E-state index contributed by atoms with van der Waals surface area (Å²) in [5.74, 6) is 0.661. The van der Waals surface area contributed by atoms with Gasteiger partial charge in [-0.05, 0) is 44.6 Å². The number of aromatic amines is 1. The zero-order valence-electron chi connectivity index (χ0n) is 11.8. The van der Waals surface area contributed by atoms with Crippen LogP contribution in [0.25, 0.3) is 0 Å². The number of H-pyrrole nitrogens is 1. The van der Waals surface area contributed by atoms with Crippen molar-refractivity contribution in [1.82, 2.24) is 15.1 Å². The zero-order valence-corrected chi connectivity index (χ0v) is 11.8. The summed E-state index contributed by atoms with van der Waals surface area (Å²) in [4.78, 5) is 14.2. The Morgan fingerprint density at radius 1 is 1.63 bits per heavy atom. The van der Waals surface area contributed by atoms with Crippen LogP contribution in [-0.2, 0) is 4.74 Å². The molecule has 1 saturated heterocycles. The van der Waals surface area contributed by atoms with Gasteiger partial charge in [0.25, 0.3) is 5.91 Å². The molecule has 0 aliphatic carbocycles. The molecule has 5 heteroatoms. The standard InChI is InChI=1S/C14H23N3O2/c1-11-9-13(16-15-11)14(18)17-7-3-5-12(10-17)6-4-8-19-2/h9,12H,3-8,10H2,1-2H3,(H,15,16)/t12-/m1/s1. The maximum Gasteiger partial charge on any atom is 0.274 e. The van der Waals surface area contributed by atoms with Crippen LogP contribution >= 0.6 is 0 Å². The Labute approximate surface area is 114 Å². The molecule has 1 atom stereocenters. The lowest BCUT2D eigenvalue weighted by atomic mass is 9.93. The summed E-state index contributed by atoms with van der Waals surface area (Å²) in [5.41, 5.74) is 1.46. The number of carbonyl (C=O) groups is 1. The monoisotopic (exact) mass is 265 g/mol. The first-order valence-corrected chi connectivity index (χ1v) is 7.01. The molecule has 1 aromatic heterocycles.